The molecule has 0 saturated carbocycles. The van der Waals surface area contributed by atoms with Crippen molar-refractivity contribution in [3.05, 3.63) is 11.8 Å². The minimum Gasteiger partial charge on any atom is -0.367 e. The molecular weight excluding hydrogens is 420 g/mol. The van der Waals surface area contributed by atoms with Crippen LogP contribution in [0.2, 0.25) is 0 Å². The van der Waals surface area contributed by atoms with Crippen LogP contribution in [0.15, 0.2) is 6.07 Å². The van der Waals surface area contributed by atoms with Gasteiger partial charge in [-0.2, -0.15) is 5.10 Å². The lowest BCUT2D eigenvalue weighted by Gasteiger charge is -2.43. The molecule has 5 nitrogen and oxygen atoms in total. The third kappa shape index (κ3) is 6.55. The maximum Gasteiger partial charge on any atom is 0.260 e. The minimum absolute atomic E-state index is 0. The molecular formula is C23H42ClF2N5. The zero-order chi connectivity index (χ0) is 22.3. The number of alkyl halides is 2. The molecule has 1 N–H and O–H groups in total. The number of halogens is 3. The quantitative estimate of drug-likeness (QED) is 0.654. The number of nitrogens with zero attached hydrogens (tertiary/aromatic N) is 4. The molecule has 1 saturated heterocycles. The van der Waals surface area contributed by atoms with Crippen molar-refractivity contribution in [2.75, 3.05) is 45.6 Å². The van der Waals surface area contributed by atoms with Gasteiger partial charge in [0.15, 0.2) is 0 Å². The van der Waals surface area contributed by atoms with Gasteiger partial charge in [0.25, 0.3) is 6.43 Å². The van der Waals surface area contributed by atoms with Crippen LogP contribution in [0.5, 0.6) is 0 Å². The van der Waals surface area contributed by atoms with Gasteiger partial charge < -0.3 is 15.1 Å². The Labute approximate surface area is 193 Å². The van der Waals surface area contributed by atoms with Crippen LogP contribution >= 0.6 is 12.4 Å². The largest absolute Gasteiger partial charge is 0.367 e. The summed E-state index contributed by atoms with van der Waals surface area (Å²) < 4.78 is 29.5. The predicted molar refractivity (Wildman–Crippen MR) is 127 cm³/mol. The van der Waals surface area contributed by atoms with Gasteiger partial charge in [-0.1, -0.05) is 34.6 Å². The fraction of sp³-hybridized carbons (Fsp3) is 0.870. The van der Waals surface area contributed by atoms with Crippen LogP contribution in [0.25, 0.3) is 0 Å². The van der Waals surface area contributed by atoms with E-state index in [1.54, 1.807) is 4.68 Å². The van der Waals surface area contributed by atoms with Crippen molar-refractivity contribution in [3.63, 3.8) is 0 Å². The van der Waals surface area contributed by atoms with Gasteiger partial charge in [0.1, 0.15) is 11.9 Å². The first-order valence-corrected chi connectivity index (χ1v) is 11.4. The summed E-state index contributed by atoms with van der Waals surface area (Å²) in [5.74, 6) is 1.14. The van der Waals surface area contributed by atoms with E-state index in [1.807, 2.05) is 6.07 Å². The van der Waals surface area contributed by atoms with Crippen molar-refractivity contribution in [2.24, 2.45) is 11.3 Å². The van der Waals surface area contributed by atoms with Gasteiger partial charge in [-0.05, 0) is 51.2 Å². The molecule has 0 aliphatic carbocycles. The summed E-state index contributed by atoms with van der Waals surface area (Å²) in [7, 11) is 4.23. The van der Waals surface area contributed by atoms with E-state index in [0.29, 0.717) is 12.3 Å². The van der Waals surface area contributed by atoms with Crippen molar-refractivity contribution in [1.82, 2.24) is 19.6 Å². The van der Waals surface area contributed by atoms with E-state index in [1.165, 1.54) is 0 Å². The summed E-state index contributed by atoms with van der Waals surface area (Å²) in [4.78, 5) is 4.79. The van der Waals surface area contributed by atoms with Crippen molar-refractivity contribution in [2.45, 2.75) is 77.8 Å². The van der Waals surface area contributed by atoms with Gasteiger partial charge in [-0.15, -0.1) is 12.4 Å². The molecule has 1 aromatic rings. The van der Waals surface area contributed by atoms with Crippen molar-refractivity contribution in [3.8, 4) is 0 Å². The van der Waals surface area contributed by atoms with Crippen LogP contribution in [0.1, 0.15) is 65.6 Å². The van der Waals surface area contributed by atoms with Gasteiger partial charge in [-0.3, -0.25) is 0 Å². The molecule has 3 rings (SSSR count). The summed E-state index contributed by atoms with van der Waals surface area (Å²) >= 11 is 0. The predicted octanol–water partition coefficient (Wildman–Crippen LogP) is 4.89. The molecule has 0 aromatic carbocycles. The van der Waals surface area contributed by atoms with Gasteiger partial charge in [0, 0.05) is 37.2 Å². The molecule has 2 aliphatic heterocycles. The van der Waals surface area contributed by atoms with Gasteiger partial charge in [0.2, 0.25) is 0 Å². The highest BCUT2D eigenvalue weighted by atomic mass is 35.5. The summed E-state index contributed by atoms with van der Waals surface area (Å²) in [5.41, 5.74) is 0.914. The third-order valence-electron chi connectivity index (χ3n) is 6.44. The normalized spacial score (nSPS) is 25.3. The number of aromatic nitrogens is 2. The molecule has 0 radical (unpaired) electrons. The molecule has 8 heteroatoms. The van der Waals surface area contributed by atoms with E-state index in [4.69, 9.17) is 0 Å². The highest BCUT2D eigenvalue weighted by molar-refractivity contribution is 5.85. The lowest BCUT2D eigenvalue weighted by atomic mass is 9.84. The Bertz CT molecular complexity index is 713. The molecule has 3 heterocycles. The van der Waals surface area contributed by atoms with E-state index < -0.39 is 12.5 Å². The Morgan fingerprint density at radius 1 is 1.23 bits per heavy atom. The number of nitrogens with one attached hydrogen (secondary N) is 1. The van der Waals surface area contributed by atoms with Gasteiger partial charge >= 0.3 is 0 Å². The first kappa shape index (κ1) is 26.3. The first-order valence-electron chi connectivity index (χ1n) is 11.4. The number of hydrogen-bond donors (Lipinski definition) is 1. The third-order valence-corrected chi connectivity index (χ3v) is 6.44. The number of rotatable bonds is 6. The summed E-state index contributed by atoms with van der Waals surface area (Å²) in [6, 6.07) is 1.20. The van der Waals surface area contributed by atoms with Crippen LogP contribution in [0.4, 0.5) is 14.6 Å². The zero-order valence-electron chi connectivity index (χ0n) is 20.3. The molecule has 0 amide bonds. The molecule has 0 spiro atoms. The van der Waals surface area contributed by atoms with Crippen molar-refractivity contribution in [1.29, 1.82) is 0 Å². The monoisotopic (exact) mass is 461 g/mol. The second-order valence-corrected chi connectivity index (χ2v) is 11.5. The molecule has 3 atom stereocenters. The van der Waals surface area contributed by atoms with E-state index in [9.17, 15) is 8.78 Å². The Kier molecular flexibility index (Phi) is 8.43. The Morgan fingerprint density at radius 3 is 2.48 bits per heavy atom. The molecule has 1 unspecified atom stereocenters. The van der Waals surface area contributed by atoms with Gasteiger partial charge in [0.05, 0.1) is 5.69 Å². The Morgan fingerprint density at radius 2 is 1.90 bits per heavy atom. The van der Waals surface area contributed by atoms with Crippen molar-refractivity contribution >= 4 is 18.2 Å². The number of piperidine rings is 1. The number of likely N-dealkylation sites (tertiary alicyclic amines) is 1. The first-order chi connectivity index (χ1) is 13.9. The SMILES string of the molecule is CN(C)CC(C)(C)CN1CCCC([C@H]2C[C@@H](C(F)F)n3nc(C(C)(C)C)cc3N2)C1.Cl. The fourth-order valence-electron chi connectivity index (χ4n) is 5.33. The summed E-state index contributed by atoms with van der Waals surface area (Å²) in [5, 5.41) is 8.15. The maximum absolute atomic E-state index is 14.0. The topological polar surface area (TPSA) is 36.3 Å². The zero-order valence-corrected chi connectivity index (χ0v) is 21.1. The second-order valence-electron chi connectivity index (χ2n) is 11.5. The van der Waals surface area contributed by atoms with E-state index in [-0.39, 0.29) is 29.3 Å². The minimum atomic E-state index is -2.40. The lowest BCUT2D eigenvalue weighted by molar-refractivity contribution is 0.0508. The van der Waals surface area contributed by atoms with Crippen LogP contribution in [0, 0.1) is 11.3 Å². The van der Waals surface area contributed by atoms with Crippen LogP contribution in [-0.2, 0) is 5.41 Å². The molecule has 1 aromatic heterocycles. The standard InChI is InChI=1S/C23H41F2N5.ClH/c1-22(2,3)19-12-20-26-17(11-18(21(24)25)30(20)27-19)16-9-8-10-29(13-16)15-23(4,5)14-28(6)7;/h12,16-18,21,26H,8-11,13-15H2,1-7H3;1H/t16?,17-,18+;/m1./s1. The van der Waals surface area contributed by atoms with Crippen LogP contribution in [-0.4, -0.2) is 72.3 Å². The summed E-state index contributed by atoms with van der Waals surface area (Å²) in [6.45, 7) is 15.0. The molecule has 180 valence electrons. The van der Waals surface area contributed by atoms with Gasteiger partial charge in [-0.25, -0.2) is 13.5 Å². The Hall–Kier alpha value is -0.920. The van der Waals surface area contributed by atoms with Crippen LogP contribution in [0.3, 0.4) is 0 Å². The molecule has 31 heavy (non-hydrogen) atoms. The molecule has 2 aliphatic rings. The van der Waals surface area contributed by atoms with E-state index >= 15 is 0 Å². The van der Waals surface area contributed by atoms with E-state index in [0.717, 1.165) is 50.5 Å². The lowest BCUT2D eigenvalue weighted by Crippen LogP contribution is -2.49. The molecule has 0 bridgehead atoms. The average Bonchev–Trinajstić information content (AvgIpc) is 3.03. The maximum atomic E-state index is 14.0. The average molecular weight is 462 g/mol. The van der Waals surface area contributed by atoms with E-state index in [2.05, 4.69) is 68.9 Å². The number of hydrogen-bond acceptors (Lipinski definition) is 4. The summed E-state index contributed by atoms with van der Waals surface area (Å²) in [6.07, 6.45) is 0.264. The van der Waals surface area contributed by atoms with Crippen molar-refractivity contribution < 1.29 is 8.78 Å². The highest BCUT2D eigenvalue weighted by Crippen LogP contribution is 2.38. The Balaban J connectivity index is 0.00000341. The highest BCUT2D eigenvalue weighted by Gasteiger charge is 2.39. The number of anilines is 1. The van der Waals surface area contributed by atoms with Crippen LogP contribution < -0.4 is 5.32 Å². The molecule has 1 fully saturated rings. The second kappa shape index (κ2) is 9.92. The number of fused-ring (bicyclic) bond motifs is 1. The fourth-order valence-corrected chi connectivity index (χ4v) is 5.33. The smallest absolute Gasteiger partial charge is 0.260 e.